The van der Waals surface area contributed by atoms with Gasteiger partial charge in [0.25, 0.3) is 0 Å². The van der Waals surface area contributed by atoms with Gasteiger partial charge in [-0.15, -0.1) is 0 Å². The molecule has 2 aromatic rings. The number of carbonyl (C=O) groups excluding carboxylic acids is 1. The highest BCUT2D eigenvalue weighted by atomic mass is 16.5. The largest absolute Gasteiger partial charge is 0.495 e. The van der Waals surface area contributed by atoms with Crippen molar-refractivity contribution < 1.29 is 14.3 Å². The van der Waals surface area contributed by atoms with Crippen molar-refractivity contribution >= 4 is 16.9 Å². The van der Waals surface area contributed by atoms with Crippen LogP contribution in [0.25, 0.3) is 10.9 Å². The van der Waals surface area contributed by atoms with Crippen LogP contribution in [-0.4, -0.2) is 25.2 Å². The van der Waals surface area contributed by atoms with E-state index in [9.17, 15) is 4.79 Å². The molecule has 0 amide bonds. The van der Waals surface area contributed by atoms with Crippen LogP contribution in [0.4, 0.5) is 0 Å². The number of rotatable bonds is 3. The maximum absolute atomic E-state index is 11.8. The molecule has 90 valence electrons. The quantitative estimate of drug-likeness (QED) is 0.829. The Morgan fingerprint density at radius 3 is 2.71 bits per heavy atom. The first-order valence-corrected chi connectivity index (χ1v) is 5.48. The van der Waals surface area contributed by atoms with E-state index in [2.05, 4.69) is 4.98 Å². The van der Waals surface area contributed by atoms with Crippen LogP contribution in [0, 0.1) is 0 Å². The fourth-order valence-corrected chi connectivity index (χ4v) is 2.01. The zero-order chi connectivity index (χ0) is 12.4. The number of methoxy groups -OCH3 is 2. The molecule has 4 heteroatoms. The molecule has 1 N–H and O–H groups in total. The number of para-hydroxylation sites is 1. The molecule has 0 fully saturated rings. The third kappa shape index (κ3) is 1.75. The first-order chi connectivity index (χ1) is 8.22. The van der Waals surface area contributed by atoms with E-state index in [0.717, 1.165) is 28.8 Å². The average molecular weight is 233 g/mol. The Balaban J connectivity index is 2.76. The monoisotopic (exact) mass is 233 g/mol. The van der Waals surface area contributed by atoms with E-state index < -0.39 is 0 Å². The van der Waals surface area contributed by atoms with Crippen molar-refractivity contribution in [2.45, 2.75) is 13.3 Å². The zero-order valence-electron chi connectivity index (χ0n) is 10.2. The lowest BCUT2D eigenvalue weighted by molar-refractivity contribution is 0.0602. The molecule has 0 unspecified atom stereocenters. The fraction of sp³-hybridized carbons (Fsp3) is 0.308. The Morgan fingerprint density at radius 1 is 1.35 bits per heavy atom. The van der Waals surface area contributed by atoms with E-state index in [4.69, 9.17) is 9.47 Å². The van der Waals surface area contributed by atoms with E-state index in [1.54, 1.807) is 7.11 Å². The lowest BCUT2D eigenvalue weighted by Crippen LogP contribution is -2.03. The summed E-state index contributed by atoms with van der Waals surface area (Å²) >= 11 is 0. The Labute approximate surface area is 99.5 Å². The zero-order valence-corrected chi connectivity index (χ0v) is 10.2. The molecule has 0 aliphatic carbocycles. The number of carbonyl (C=O) groups is 1. The average Bonchev–Trinajstić information content (AvgIpc) is 2.75. The molecular weight excluding hydrogens is 218 g/mol. The second-order valence-electron chi connectivity index (χ2n) is 3.71. The van der Waals surface area contributed by atoms with Crippen LogP contribution >= 0.6 is 0 Å². The summed E-state index contributed by atoms with van der Waals surface area (Å²) in [7, 11) is 3.00. The van der Waals surface area contributed by atoms with E-state index in [0.29, 0.717) is 5.56 Å². The molecule has 0 atom stereocenters. The summed E-state index contributed by atoms with van der Waals surface area (Å²) in [6.07, 6.45) is 0.738. The number of aromatic nitrogens is 1. The second kappa shape index (κ2) is 4.49. The van der Waals surface area contributed by atoms with Crippen LogP contribution in [0.15, 0.2) is 18.2 Å². The van der Waals surface area contributed by atoms with Crippen molar-refractivity contribution in [1.82, 2.24) is 4.98 Å². The first kappa shape index (κ1) is 11.5. The van der Waals surface area contributed by atoms with Crippen molar-refractivity contribution in [3.05, 3.63) is 29.5 Å². The molecule has 1 aromatic carbocycles. The molecule has 0 aliphatic rings. The van der Waals surface area contributed by atoms with Crippen LogP contribution in [0.5, 0.6) is 5.75 Å². The van der Waals surface area contributed by atoms with Crippen LogP contribution in [0.1, 0.15) is 23.0 Å². The van der Waals surface area contributed by atoms with Crippen molar-refractivity contribution in [1.29, 1.82) is 0 Å². The third-order valence-electron chi connectivity index (χ3n) is 2.84. The number of nitrogens with one attached hydrogen (secondary N) is 1. The van der Waals surface area contributed by atoms with E-state index in [1.807, 2.05) is 25.1 Å². The predicted octanol–water partition coefficient (Wildman–Crippen LogP) is 2.53. The van der Waals surface area contributed by atoms with Crippen molar-refractivity contribution in [3.63, 3.8) is 0 Å². The minimum Gasteiger partial charge on any atom is -0.495 e. The van der Waals surface area contributed by atoms with Gasteiger partial charge in [0, 0.05) is 11.1 Å². The molecule has 2 rings (SSSR count). The van der Waals surface area contributed by atoms with E-state index in [-0.39, 0.29) is 5.97 Å². The Hall–Kier alpha value is -1.97. The van der Waals surface area contributed by atoms with E-state index in [1.165, 1.54) is 7.11 Å². The number of aryl methyl sites for hydroxylation is 1. The highest BCUT2D eigenvalue weighted by Crippen LogP contribution is 2.30. The van der Waals surface area contributed by atoms with Gasteiger partial charge in [0.2, 0.25) is 0 Å². The molecule has 0 saturated heterocycles. The molecule has 0 aliphatic heterocycles. The molecule has 1 heterocycles. The van der Waals surface area contributed by atoms with Gasteiger partial charge in [-0.1, -0.05) is 19.1 Å². The highest BCUT2D eigenvalue weighted by Gasteiger charge is 2.19. The number of fused-ring (bicyclic) bond motifs is 1. The first-order valence-electron chi connectivity index (χ1n) is 5.48. The number of hydrogen-bond acceptors (Lipinski definition) is 3. The van der Waals surface area contributed by atoms with Crippen LogP contribution in [-0.2, 0) is 11.2 Å². The summed E-state index contributed by atoms with van der Waals surface area (Å²) < 4.78 is 10.1. The number of H-pyrrole nitrogens is 1. The van der Waals surface area contributed by atoms with Gasteiger partial charge < -0.3 is 14.5 Å². The van der Waals surface area contributed by atoms with Crippen LogP contribution < -0.4 is 4.74 Å². The smallest absolute Gasteiger partial charge is 0.340 e. The number of hydrogen-bond donors (Lipinski definition) is 1. The summed E-state index contributed by atoms with van der Waals surface area (Å²) in [5.41, 5.74) is 2.31. The van der Waals surface area contributed by atoms with Gasteiger partial charge in [0.15, 0.2) is 0 Å². The van der Waals surface area contributed by atoms with Crippen molar-refractivity contribution in [2.24, 2.45) is 0 Å². The number of aromatic amines is 1. The summed E-state index contributed by atoms with van der Waals surface area (Å²) in [5.74, 6) is 0.411. The normalized spacial score (nSPS) is 10.5. The van der Waals surface area contributed by atoms with Crippen LogP contribution in [0.2, 0.25) is 0 Å². The van der Waals surface area contributed by atoms with Crippen molar-refractivity contribution in [2.75, 3.05) is 14.2 Å². The molecule has 0 spiro atoms. The molecule has 1 aromatic heterocycles. The Bertz CT molecular complexity index is 557. The molecular formula is C13H15NO3. The van der Waals surface area contributed by atoms with Crippen molar-refractivity contribution in [3.8, 4) is 5.75 Å². The van der Waals surface area contributed by atoms with Gasteiger partial charge in [0.1, 0.15) is 5.75 Å². The molecule has 17 heavy (non-hydrogen) atoms. The maximum Gasteiger partial charge on any atom is 0.340 e. The SMILES string of the molecule is CCc1[nH]c2c(OC)cccc2c1C(=O)OC. The summed E-state index contributed by atoms with van der Waals surface area (Å²) in [4.78, 5) is 15.0. The molecule has 0 bridgehead atoms. The molecule has 0 saturated carbocycles. The summed E-state index contributed by atoms with van der Waals surface area (Å²) in [5, 5.41) is 0.841. The number of benzene rings is 1. The maximum atomic E-state index is 11.8. The topological polar surface area (TPSA) is 51.3 Å². The third-order valence-corrected chi connectivity index (χ3v) is 2.84. The highest BCUT2D eigenvalue weighted by molar-refractivity contribution is 6.07. The molecule has 4 nitrogen and oxygen atoms in total. The van der Waals surface area contributed by atoms with Gasteiger partial charge in [-0.05, 0) is 12.5 Å². The second-order valence-corrected chi connectivity index (χ2v) is 3.71. The van der Waals surface area contributed by atoms with Gasteiger partial charge in [-0.2, -0.15) is 0 Å². The van der Waals surface area contributed by atoms with E-state index >= 15 is 0 Å². The van der Waals surface area contributed by atoms with Gasteiger partial charge in [-0.25, -0.2) is 4.79 Å². The number of esters is 1. The van der Waals surface area contributed by atoms with Crippen LogP contribution in [0.3, 0.4) is 0 Å². The molecule has 0 radical (unpaired) electrons. The van der Waals surface area contributed by atoms with Gasteiger partial charge in [-0.3, -0.25) is 0 Å². The Morgan fingerprint density at radius 2 is 2.12 bits per heavy atom. The lowest BCUT2D eigenvalue weighted by Gasteiger charge is -2.01. The van der Waals surface area contributed by atoms with Gasteiger partial charge >= 0.3 is 5.97 Å². The van der Waals surface area contributed by atoms with Gasteiger partial charge in [0.05, 0.1) is 25.3 Å². The lowest BCUT2D eigenvalue weighted by atomic mass is 10.1. The predicted molar refractivity (Wildman–Crippen MR) is 65.6 cm³/mol. The summed E-state index contributed by atoms with van der Waals surface area (Å²) in [6, 6.07) is 5.61. The Kier molecular flexibility index (Phi) is 3.04. The minimum atomic E-state index is -0.318. The minimum absolute atomic E-state index is 0.318. The summed E-state index contributed by atoms with van der Waals surface area (Å²) in [6.45, 7) is 1.99. The fourth-order valence-electron chi connectivity index (χ4n) is 2.01. The number of ether oxygens (including phenoxy) is 2. The standard InChI is InChI=1S/C13H15NO3/c1-4-9-11(13(15)17-3)8-6-5-7-10(16-2)12(8)14-9/h5-7,14H,4H2,1-3H3.